The summed E-state index contributed by atoms with van der Waals surface area (Å²) in [6, 6.07) is 44.4. The van der Waals surface area contributed by atoms with Gasteiger partial charge in [0.15, 0.2) is 0 Å². The average Bonchev–Trinajstić information content (AvgIpc) is 3.70. The fourth-order valence-electron chi connectivity index (χ4n) is 7.77. The van der Waals surface area contributed by atoms with E-state index in [1.54, 1.807) is 0 Å². The zero-order valence-electron chi connectivity index (χ0n) is 21.0. The number of para-hydroxylation sites is 1. The Balaban J connectivity index is 1.37. The summed E-state index contributed by atoms with van der Waals surface area (Å²) >= 11 is 0. The molecule has 2 aliphatic carbocycles. The third-order valence-corrected chi connectivity index (χ3v) is 9.23. The van der Waals surface area contributed by atoms with Crippen LogP contribution in [0.1, 0.15) is 22.3 Å². The van der Waals surface area contributed by atoms with Gasteiger partial charge in [-0.05, 0) is 51.1 Å². The molecule has 0 atom stereocenters. The van der Waals surface area contributed by atoms with Crippen molar-refractivity contribution in [2.75, 3.05) is 0 Å². The number of furan rings is 1. The van der Waals surface area contributed by atoms with E-state index in [4.69, 9.17) is 4.42 Å². The summed E-state index contributed by atoms with van der Waals surface area (Å²) in [7, 11) is 0. The molecule has 2 aromatic heterocycles. The van der Waals surface area contributed by atoms with E-state index in [0.29, 0.717) is 0 Å². The summed E-state index contributed by atoms with van der Waals surface area (Å²) in [5.74, 6) is 0. The number of aromatic amines is 1. The Hall–Kier alpha value is -5.08. The lowest BCUT2D eigenvalue weighted by atomic mass is 9.70. The molecule has 180 valence electrons. The second-order valence-corrected chi connectivity index (χ2v) is 10.9. The third-order valence-electron chi connectivity index (χ3n) is 9.23. The molecule has 1 N–H and O–H groups in total. The second kappa shape index (κ2) is 6.67. The highest BCUT2D eigenvalue weighted by atomic mass is 16.3. The van der Waals surface area contributed by atoms with Crippen LogP contribution in [0.25, 0.3) is 66.0 Å². The first-order chi connectivity index (χ1) is 19.3. The first-order valence-corrected chi connectivity index (χ1v) is 13.5. The lowest BCUT2D eigenvalue weighted by Crippen LogP contribution is -2.25. The van der Waals surface area contributed by atoms with E-state index >= 15 is 0 Å². The molecule has 0 fully saturated rings. The Morgan fingerprint density at radius 1 is 0.462 bits per heavy atom. The van der Waals surface area contributed by atoms with Crippen molar-refractivity contribution in [3.63, 3.8) is 0 Å². The van der Waals surface area contributed by atoms with Gasteiger partial charge >= 0.3 is 0 Å². The van der Waals surface area contributed by atoms with Gasteiger partial charge in [0.2, 0.25) is 0 Å². The first kappa shape index (κ1) is 20.0. The van der Waals surface area contributed by atoms with Gasteiger partial charge in [-0.1, -0.05) is 103 Å². The van der Waals surface area contributed by atoms with E-state index in [-0.39, 0.29) is 5.41 Å². The van der Waals surface area contributed by atoms with E-state index in [9.17, 15) is 0 Å². The van der Waals surface area contributed by atoms with E-state index in [1.165, 1.54) is 60.8 Å². The van der Waals surface area contributed by atoms with Crippen molar-refractivity contribution in [2.24, 2.45) is 0 Å². The lowest BCUT2D eigenvalue weighted by molar-refractivity contribution is 0.669. The Morgan fingerprint density at radius 2 is 1.10 bits per heavy atom. The molecule has 0 amide bonds. The van der Waals surface area contributed by atoms with Gasteiger partial charge in [0.1, 0.15) is 11.2 Å². The molecule has 2 heterocycles. The first-order valence-electron chi connectivity index (χ1n) is 13.5. The molecule has 0 bridgehead atoms. The SMILES string of the molecule is c1ccc2c(c1)-c1ccccc1C21c2ccccc2-c2c1ccc1c2[nH]c2cc3oc4ccccc4c3cc21. The second-order valence-electron chi connectivity index (χ2n) is 10.9. The number of rotatable bonds is 0. The topological polar surface area (TPSA) is 28.9 Å². The molecule has 10 rings (SSSR count). The number of aromatic nitrogens is 1. The molecule has 0 saturated heterocycles. The molecular weight excluding hydrogens is 474 g/mol. The maximum absolute atomic E-state index is 6.24. The van der Waals surface area contributed by atoms with Gasteiger partial charge in [-0.3, -0.25) is 0 Å². The van der Waals surface area contributed by atoms with Crippen LogP contribution in [-0.4, -0.2) is 4.98 Å². The van der Waals surface area contributed by atoms with Crippen LogP contribution in [0, 0.1) is 0 Å². The summed E-state index contributed by atoms with van der Waals surface area (Å²) in [6.45, 7) is 0. The third kappa shape index (κ3) is 2.19. The van der Waals surface area contributed by atoms with Crippen LogP contribution in [0.4, 0.5) is 0 Å². The van der Waals surface area contributed by atoms with Crippen molar-refractivity contribution in [1.29, 1.82) is 0 Å². The van der Waals surface area contributed by atoms with Crippen molar-refractivity contribution in [3.05, 3.63) is 144 Å². The normalized spacial score (nSPS) is 14.4. The number of fused-ring (bicyclic) bond motifs is 17. The smallest absolute Gasteiger partial charge is 0.137 e. The van der Waals surface area contributed by atoms with Gasteiger partial charge in [0, 0.05) is 33.2 Å². The van der Waals surface area contributed by atoms with Crippen molar-refractivity contribution in [2.45, 2.75) is 5.41 Å². The maximum atomic E-state index is 6.24. The highest BCUT2D eigenvalue weighted by Crippen LogP contribution is 2.63. The van der Waals surface area contributed by atoms with E-state index in [0.717, 1.165) is 27.5 Å². The number of nitrogens with one attached hydrogen (secondary N) is 1. The summed E-state index contributed by atoms with van der Waals surface area (Å²) in [4.78, 5) is 3.85. The van der Waals surface area contributed by atoms with Crippen molar-refractivity contribution in [1.82, 2.24) is 4.98 Å². The van der Waals surface area contributed by atoms with Gasteiger partial charge < -0.3 is 9.40 Å². The molecule has 2 aliphatic rings. The van der Waals surface area contributed by atoms with Crippen molar-refractivity contribution < 1.29 is 4.42 Å². The van der Waals surface area contributed by atoms with Crippen LogP contribution in [0.3, 0.4) is 0 Å². The van der Waals surface area contributed by atoms with Gasteiger partial charge in [-0.2, -0.15) is 0 Å². The maximum Gasteiger partial charge on any atom is 0.137 e. The van der Waals surface area contributed by atoms with Gasteiger partial charge in [-0.25, -0.2) is 0 Å². The minimum absolute atomic E-state index is 0.325. The number of H-pyrrole nitrogens is 1. The quantitative estimate of drug-likeness (QED) is 0.223. The average molecular weight is 496 g/mol. The highest BCUT2D eigenvalue weighted by molar-refractivity contribution is 6.19. The molecule has 6 aromatic carbocycles. The number of hydrogen-bond donors (Lipinski definition) is 1. The molecule has 0 aliphatic heterocycles. The molecule has 0 saturated carbocycles. The monoisotopic (exact) mass is 495 g/mol. The molecule has 2 nitrogen and oxygen atoms in total. The Morgan fingerprint density at radius 3 is 1.87 bits per heavy atom. The largest absolute Gasteiger partial charge is 0.456 e. The highest BCUT2D eigenvalue weighted by Gasteiger charge is 2.52. The van der Waals surface area contributed by atoms with E-state index in [1.807, 2.05) is 12.1 Å². The minimum Gasteiger partial charge on any atom is -0.456 e. The van der Waals surface area contributed by atoms with Crippen molar-refractivity contribution in [3.8, 4) is 22.3 Å². The Labute approximate surface area is 224 Å². The fourth-order valence-corrected chi connectivity index (χ4v) is 7.77. The van der Waals surface area contributed by atoms with Gasteiger partial charge in [-0.15, -0.1) is 0 Å². The van der Waals surface area contributed by atoms with Crippen LogP contribution >= 0.6 is 0 Å². The van der Waals surface area contributed by atoms with Crippen LogP contribution in [0.2, 0.25) is 0 Å². The molecular formula is C37H21NO. The zero-order chi connectivity index (χ0) is 25.3. The standard InChI is InChI=1S/C37H21NO/c1-5-13-28-21(9-1)22-10-2-6-14-29(22)37(28)30-15-7-3-12-25(30)35-31(37)18-17-24-26-19-27-23-11-4-8-16-33(23)39-34(27)20-32(26)38-36(24)35/h1-20,38H. The zero-order valence-corrected chi connectivity index (χ0v) is 21.0. The summed E-state index contributed by atoms with van der Waals surface area (Å²) in [5, 5.41) is 4.81. The Bertz CT molecular complexity index is 2300. The fraction of sp³-hybridized carbons (Fsp3) is 0.0270. The van der Waals surface area contributed by atoms with E-state index in [2.05, 4.69) is 114 Å². The molecule has 8 aromatic rings. The molecule has 2 heteroatoms. The minimum atomic E-state index is -0.325. The molecule has 1 spiro atoms. The summed E-state index contributed by atoms with van der Waals surface area (Å²) < 4.78 is 6.24. The molecule has 0 radical (unpaired) electrons. The van der Waals surface area contributed by atoms with E-state index < -0.39 is 0 Å². The summed E-state index contributed by atoms with van der Waals surface area (Å²) in [6.07, 6.45) is 0. The van der Waals surface area contributed by atoms with Crippen LogP contribution < -0.4 is 0 Å². The van der Waals surface area contributed by atoms with Crippen molar-refractivity contribution >= 4 is 43.7 Å². The van der Waals surface area contributed by atoms with Gasteiger partial charge in [0.05, 0.1) is 16.4 Å². The molecule has 39 heavy (non-hydrogen) atoms. The summed E-state index contributed by atoms with van der Waals surface area (Å²) in [5.41, 5.74) is 14.6. The van der Waals surface area contributed by atoms with Crippen LogP contribution in [0.5, 0.6) is 0 Å². The number of hydrogen-bond acceptors (Lipinski definition) is 1. The lowest BCUT2D eigenvalue weighted by Gasteiger charge is -2.30. The predicted molar refractivity (Wildman–Crippen MR) is 159 cm³/mol. The Kier molecular flexibility index (Phi) is 3.41. The van der Waals surface area contributed by atoms with Crippen LogP contribution in [0.15, 0.2) is 126 Å². The number of benzene rings is 6. The predicted octanol–water partition coefficient (Wildman–Crippen LogP) is 9.56. The van der Waals surface area contributed by atoms with Gasteiger partial charge in [0.25, 0.3) is 0 Å². The van der Waals surface area contributed by atoms with Crippen LogP contribution in [-0.2, 0) is 5.41 Å². The molecule has 0 unspecified atom stereocenters.